The Bertz CT molecular complexity index is 1140. The van der Waals surface area contributed by atoms with E-state index in [2.05, 4.69) is 4.98 Å². The van der Waals surface area contributed by atoms with Crippen LogP contribution in [0.2, 0.25) is 0 Å². The van der Waals surface area contributed by atoms with Gasteiger partial charge in [-0.05, 0) is 25.5 Å². The first kappa shape index (κ1) is 20.9. The molecule has 0 saturated carbocycles. The number of hydrogen-bond acceptors (Lipinski definition) is 7. The summed E-state index contributed by atoms with van der Waals surface area (Å²) in [5.41, 5.74) is 0.0767. The van der Waals surface area contributed by atoms with Crippen LogP contribution in [0.5, 0.6) is 0 Å². The first-order chi connectivity index (χ1) is 15.0. The van der Waals surface area contributed by atoms with Crippen LogP contribution in [0.15, 0.2) is 38.4 Å². The highest BCUT2D eigenvalue weighted by molar-refractivity contribution is 6.06. The number of rotatable bonds is 6. The van der Waals surface area contributed by atoms with Crippen molar-refractivity contribution in [3.8, 4) is 0 Å². The van der Waals surface area contributed by atoms with Gasteiger partial charge in [0.25, 0.3) is 17.4 Å². The molecule has 10 nitrogen and oxygen atoms in total. The van der Waals surface area contributed by atoms with Gasteiger partial charge in [-0.1, -0.05) is 0 Å². The molecule has 164 valence electrons. The molecule has 0 radical (unpaired) electrons. The third kappa shape index (κ3) is 3.98. The number of aryl methyl sites for hydroxylation is 2. The van der Waals surface area contributed by atoms with E-state index in [1.54, 1.807) is 36.0 Å². The van der Waals surface area contributed by atoms with E-state index in [4.69, 9.17) is 13.6 Å². The molecule has 0 aromatic carbocycles. The first-order valence-corrected chi connectivity index (χ1v) is 10.1. The van der Waals surface area contributed by atoms with E-state index in [9.17, 15) is 14.4 Å². The number of hydrogen-bond donors (Lipinski definition) is 0. The number of methoxy groups -OCH3 is 1. The van der Waals surface area contributed by atoms with Crippen molar-refractivity contribution < 1.29 is 23.2 Å². The lowest BCUT2D eigenvalue weighted by Crippen LogP contribution is -2.50. The van der Waals surface area contributed by atoms with Crippen LogP contribution in [0, 0.1) is 6.92 Å². The van der Waals surface area contributed by atoms with E-state index >= 15 is 0 Å². The summed E-state index contributed by atoms with van der Waals surface area (Å²) in [5, 5.41) is 0.191. The summed E-state index contributed by atoms with van der Waals surface area (Å²) in [6.07, 6.45) is 3.53. The maximum atomic E-state index is 13.3. The third-order valence-corrected chi connectivity index (χ3v) is 5.40. The molecular formula is C21H24N4O6. The molecule has 0 unspecified atom stereocenters. The van der Waals surface area contributed by atoms with Gasteiger partial charge in [0, 0.05) is 46.4 Å². The zero-order chi connectivity index (χ0) is 22.0. The monoisotopic (exact) mass is 428 g/mol. The number of furan rings is 2. The van der Waals surface area contributed by atoms with Crippen molar-refractivity contribution in [3.05, 3.63) is 52.2 Å². The number of fused-ring (bicyclic) bond motifs is 1. The van der Waals surface area contributed by atoms with Crippen molar-refractivity contribution in [3.63, 3.8) is 0 Å². The van der Waals surface area contributed by atoms with E-state index in [0.717, 1.165) is 0 Å². The van der Waals surface area contributed by atoms with Gasteiger partial charge in [0.1, 0.15) is 17.5 Å². The van der Waals surface area contributed by atoms with E-state index in [-0.39, 0.29) is 39.8 Å². The van der Waals surface area contributed by atoms with Gasteiger partial charge in [-0.2, -0.15) is 0 Å². The van der Waals surface area contributed by atoms with E-state index in [0.29, 0.717) is 51.5 Å². The van der Waals surface area contributed by atoms with Crippen molar-refractivity contribution in [1.29, 1.82) is 0 Å². The maximum Gasteiger partial charge on any atom is 0.289 e. The highest BCUT2D eigenvalue weighted by Crippen LogP contribution is 2.23. The van der Waals surface area contributed by atoms with Crippen LogP contribution in [0.4, 0.5) is 0 Å². The summed E-state index contributed by atoms with van der Waals surface area (Å²) in [7, 11) is 1.60. The number of piperazine rings is 1. The smallest absolute Gasteiger partial charge is 0.289 e. The molecule has 1 fully saturated rings. The van der Waals surface area contributed by atoms with Crippen LogP contribution < -0.4 is 5.56 Å². The largest absolute Gasteiger partial charge is 0.459 e. The summed E-state index contributed by atoms with van der Waals surface area (Å²) in [6, 6.07) is 3.28. The summed E-state index contributed by atoms with van der Waals surface area (Å²) >= 11 is 0. The molecule has 1 aliphatic rings. The van der Waals surface area contributed by atoms with E-state index in [1.165, 1.54) is 17.2 Å². The molecule has 3 aromatic rings. The quantitative estimate of drug-likeness (QED) is 0.548. The molecule has 1 aliphatic heterocycles. The summed E-state index contributed by atoms with van der Waals surface area (Å²) in [5.74, 6) is 0.130. The lowest BCUT2D eigenvalue weighted by atomic mass is 10.1. The van der Waals surface area contributed by atoms with Crippen molar-refractivity contribution in [2.24, 2.45) is 0 Å². The van der Waals surface area contributed by atoms with Crippen LogP contribution in [-0.2, 0) is 11.3 Å². The molecule has 3 aromatic heterocycles. The molecule has 0 N–H and O–H groups in total. The lowest BCUT2D eigenvalue weighted by molar-refractivity contribution is 0.0518. The minimum absolute atomic E-state index is 0.153. The second-order valence-corrected chi connectivity index (χ2v) is 7.36. The molecule has 2 amide bonds. The van der Waals surface area contributed by atoms with E-state index in [1.807, 2.05) is 0 Å². The van der Waals surface area contributed by atoms with Crippen LogP contribution >= 0.6 is 0 Å². The molecule has 10 heteroatoms. The normalized spacial score (nSPS) is 14.4. The van der Waals surface area contributed by atoms with Crippen molar-refractivity contribution in [1.82, 2.24) is 19.4 Å². The standard InChI is InChI=1S/C21H24N4O6/c1-14-16(17-18(31-14)22-13-25(21(17)28)6-4-11-29-2)20(27)24-9-7-23(8-10-24)19(26)15-5-3-12-30-15/h3,5,12-13H,4,6-11H2,1-2H3. The molecular weight excluding hydrogens is 404 g/mol. The van der Waals surface area contributed by atoms with Gasteiger partial charge in [0.15, 0.2) is 5.76 Å². The Morgan fingerprint density at radius 2 is 1.87 bits per heavy atom. The minimum atomic E-state index is -0.312. The SMILES string of the molecule is COCCCn1cnc2oc(C)c(C(=O)N3CCN(C(=O)c4ccco4)CC3)c2c1=O. The number of ether oxygens (including phenoxy) is 1. The fourth-order valence-corrected chi connectivity index (χ4v) is 3.76. The fourth-order valence-electron chi connectivity index (χ4n) is 3.76. The van der Waals surface area contributed by atoms with Crippen molar-refractivity contribution in [2.75, 3.05) is 39.9 Å². The zero-order valence-electron chi connectivity index (χ0n) is 17.5. The van der Waals surface area contributed by atoms with Gasteiger partial charge >= 0.3 is 0 Å². The Morgan fingerprint density at radius 1 is 1.16 bits per heavy atom. The summed E-state index contributed by atoms with van der Waals surface area (Å²) < 4.78 is 17.3. The maximum absolute atomic E-state index is 13.3. The second kappa shape index (κ2) is 8.76. The van der Waals surface area contributed by atoms with Gasteiger partial charge < -0.3 is 23.4 Å². The molecule has 4 rings (SSSR count). The Labute approximate surface area is 178 Å². The molecule has 0 bridgehead atoms. The Morgan fingerprint density at radius 3 is 2.52 bits per heavy atom. The topological polar surface area (TPSA) is 111 Å². The molecule has 0 aliphatic carbocycles. The molecule has 0 spiro atoms. The average Bonchev–Trinajstić information content (AvgIpc) is 3.43. The molecule has 31 heavy (non-hydrogen) atoms. The summed E-state index contributed by atoms with van der Waals surface area (Å²) in [6.45, 7) is 4.04. The zero-order valence-corrected chi connectivity index (χ0v) is 17.5. The lowest BCUT2D eigenvalue weighted by Gasteiger charge is -2.34. The highest BCUT2D eigenvalue weighted by atomic mass is 16.5. The number of aromatic nitrogens is 2. The fraction of sp³-hybridized carbons (Fsp3) is 0.429. The van der Waals surface area contributed by atoms with Gasteiger partial charge in [0.05, 0.1) is 11.8 Å². The Hall–Kier alpha value is -3.40. The van der Waals surface area contributed by atoms with Gasteiger partial charge in [0.2, 0.25) is 5.71 Å². The summed E-state index contributed by atoms with van der Waals surface area (Å²) in [4.78, 5) is 46.2. The second-order valence-electron chi connectivity index (χ2n) is 7.36. The Balaban J connectivity index is 1.54. The number of amides is 2. The number of carbonyl (C=O) groups is 2. The number of carbonyl (C=O) groups excluding carboxylic acids is 2. The minimum Gasteiger partial charge on any atom is -0.459 e. The van der Waals surface area contributed by atoms with Crippen molar-refractivity contribution in [2.45, 2.75) is 19.9 Å². The average molecular weight is 428 g/mol. The van der Waals surface area contributed by atoms with Crippen LogP contribution in [0.25, 0.3) is 11.1 Å². The van der Waals surface area contributed by atoms with Crippen LogP contribution in [0.1, 0.15) is 33.1 Å². The Kier molecular flexibility index (Phi) is 5.90. The molecule has 4 heterocycles. The van der Waals surface area contributed by atoms with Crippen LogP contribution in [0.3, 0.4) is 0 Å². The third-order valence-electron chi connectivity index (χ3n) is 5.40. The van der Waals surface area contributed by atoms with Gasteiger partial charge in [-0.25, -0.2) is 4.98 Å². The van der Waals surface area contributed by atoms with Gasteiger partial charge in [-0.15, -0.1) is 0 Å². The van der Waals surface area contributed by atoms with E-state index < -0.39 is 0 Å². The molecule has 0 atom stereocenters. The van der Waals surface area contributed by atoms with Crippen LogP contribution in [-0.4, -0.2) is 71.1 Å². The first-order valence-electron chi connectivity index (χ1n) is 10.1. The van der Waals surface area contributed by atoms with Gasteiger partial charge in [-0.3, -0.25) is 19.0 Å². The highest BCUT2D eigenvalue weighted by Gasteiger charge is 2.30. The molecule has 1 saturated heterocycles. The van der Waals surface area contributed by atoms with Crippen molar-refractivity contribution >= 4 is 22.9 Å². The number of nitrogens with zero attached hydrogens (tertiary/aromatic N) is 4. The predicted molar refractivity (Wildman–Crippen MR) is 110 cm³/mol. The predicted octanol–water partition coefficient (Wildman–Crippen LogP) is 1.53.